The van der Waals surface area contributed by atoms with E-state index in [1.807, 2.05) is 0 Å². The van der Waals surface area contributed by atoms with Crippen molar-refractivity contribution in [3.63, 3.8) is 0 Å². The van der Waals surface area contributed by atoms with E-state index in [4.69, 9.17) is 4.74 Å². The molecule has 1 aliphatic heterocycles. The van der Waals surface area contributed by atoms with Gasteiger partial charge in [-0.05, 0) is 30.7 Å². The highest BCUT2D eigenvalue weighted by molar-refractivity contribution is 7.92. The minimum absolute atomic E-state index is 0.0449. The van der Waals surface area contributed by atoms with Crippen LogP contribution in [-0.4, -0.2) is 65.4 Å². The average Bonchev–Trinajstić information content (AvgIpc) is 2.91. The van der Waals surface area contributed by atoms with Gasteiger partial charge < -0.3 is 9.47 Å². The lowest BCUT2D eigenvalue weighted by Gasteiger charge is -2.26. The molecule has 0 N–H and O–H groups in total. The Morgan fingerprint density at radius 2 is 1.88 bits per heavy atom. The molecule has 10 heteroatoms. The highest BCUT2D eigenvalue weighted by Crippen LogP contribution is 2.26. The molecule has 1 aliphatic rings. The molecule has 1 atom stereocenters. The van der Waals surface area contributed by atoms with Gasteiger partial charge in [0.25, 0.3) is 0 Å². The Morgan fingerprint density at radius 3 is 2.33 bits per heavy atom. The first-order valence-corrected chi connectivity index (χ1v) is 10.4. The molecule has 1 aromatic rings. The Bertz CT molecular complexity index is 800. The Kier molecular flexibility index (Phi) is 5.51. The van der Waals surface area contributed by atoms with Crippen molar-refractivity contribution in [2.75, 3.05) is 32.3 Å². The van der Waals surface area contributed by atoms with Crippen molar-refractivity contribution in [1.29, 1.82) is 0 Å². The van der Waals surface area contributed by atoms with Gasteiger partial charge in [-0.3, -0.25) is 4.79 Å². The van der Waals surface area contributed by atoms with Crippen LogP contribution in [0.15, 0.2) is 29.2 Å². The maximum absolute atomic E-state index is 12.9. The molecule has 24 heavy (non-hydrogen) atoms. The first-order chi connectivity index (χ1) is 11.2. The fourth-order valence-corrected chi connectivity index (χ4v) is 5.91. The van der Waals surface area contributed by atoms with Gasteiger partial charge in [-0.25, -0.2) is 16.8 Å². The highest BCUT2D eigenvalue weighted by Gasteiger charge is 2.40. The van der Waals surface area contributed by atoms with Crippen molar-refractivity contribution in [2.24, 2.45) is 0 Å². The molecule has 1 fully saturated rings. The number of carbonyl (C=O) groups is 1. The number of sulfonamides is 1. The van der Waals surface area contributed by atoms with Gasteiger partial charge in [-0.1, -0.05) is 0 Å². The molecular formula is C14H19NO7S2. The third-order valence-electron chi connectivity index (χ3n) is 3.79. The topological polar surface area (TPSA) is 107 Å². The van der Waals surface area contributed by atoms with Crippen molar-refractivity contribution in [3.05, 3.63) is 24.3 Å². The summed E-state index contributed by atoms with van der Waals surface area (Å²) in [5.74, 6) is -0.680. The van der Waals surface area contributed by atoms with Crippen LogP contribution in [-0.2, 0) is 29.4 Å². The van der Waals surface area contributed by atoms with Crippen molar-refractivity contribution >= 4 is 25.8 Å². The van der Waals surface area contributed by atoms with Gasteiger partial charge in [0.2, 0.25) is 10.0 Å². The molecule has 0 spiro atoms. The third kappa shape index (κ3) is 4.05. The maximum Gasteiger partial charge on any atom is 0.321 e. The summed E-state index contributed by atoms with van der Waals surface area (Å²) in [7, 11) is -4.77. The van der Waals surface area contributed by atoms with E-state index < -0.39 is 38.4 Å². The second-order valence-electron chi connectivity index (χ2n) is 5.36. The number of methoxy groups -OCH3 is 2. The van der Waals surface area contributed by atoms with E-state index in [2.05, 4.69) is 4.74 Å². The Morgan fingerprint density at radius 1 is 1.25 bits per heavy atom. The number of rotatable bonds is 6. The predicted octanol–water partition coefficient (Wildman–Crippen LogP) is 0.0460. The number of nitrogens with zero attached hydrogens (tertiary/aromatic N) is 1. The number of esters is 1. The van der Waals surface area contributed by atoms with Gasteiger partial charge in [-0.2, -0.15) is 4.31 Å². The second-order valence-corrected chi connectivity index (χ2v) is 9.48. The molecule has 0 saturated carbocycles. The van der Waals surface area contributed by atoms with Crippen molar-refractivity contribution in [2.45, 2.75) is 17.4 Å². The van der Waals surface area contributed by atoms with Crippen LogP contribution in [0.2, 0.25) is 0 Å². The van der Waals surface area contributed by atoms with E-state index in [0.29, 0.717) is 5.75 Å². The molecular weight excluding hydrogens is 358 g/mol. The monoisotopic (exact) mass is 377 g/mol. The molecule has 0 aliphatic carbocycles. The Hall–Kier alpha value is -1.65. The molecule has 0 radical (unpaired) electrons. The van der Waals surface area contributed by atoms with Crippen LogP contribution in [0.3, 0.4) is 0 Å². The van der Waals surface area contributed by atoms with Crippen LogP contribution < -0.4 is 4.74 Å². The summed E-state index contributed by atoms with van der Waals surface area (Å²) in [4.78, 5) is 11.6. The smallest absolute Gasteiger partial charge is 0.321 e. The molecule has 134 valence electrons. The Labute approximate surface area is 141 Å². The summed E-state index contributed by atoms with van der Waals surface area (Å²) in [5, 5.41) is 0. The summed E-state index contributed by atoms with van der Waals surface area (Å²) in [5.41, 5.74) is 0. The number of hydrogen-bond acceptors (Lipinski definition) is 7. The standard InChI is InChI=1S/C14H19NO7S2/c1-21-12-3-5-13(6-4-12)24(19,20)15(9-14(16)22-2)11-7-8-23(17,18)10-11/h3-6,11H,7-10H2,1-2H3/t11-/m0/s1. The second kappa shape index (κ2) is 7.08. The maximum atomic E-state index is 12.9. The van der Waals surface area contributed by atoms with Gasteiger partial charge in [0.05, 0.1) is 30.6 Å². The highest BCUT2D eigenvalue weighted by atomic mass is 32.2. The molecule has 0 bridgehead atoms. The van der Waals surface area contributed by atoms with Gasteiger partial charge >= 0.3 is 5.97 Å². The normalized spacial score (nSPS) is 20.0. The van der Waals surface area contributed by atoms with Crippen molar-refractivity contribution < 1.29 is 31.1 Å². The number of ether oxygens (including phenoxy) is 2. The fourth-order valence-electron chi connectivity index (χ4n) is 2.49. The van der Waals surface area contributed by atoms with E-state index in [1.165, 1.54) is 31.4 Å². The molecule has 0 unspecified atom stereocenters. The molecule has 2 rings (SSSR count). The largest absolute Gasteiger partial charge is 0.497 e. The van der Waals surface area contributed by atoms with Crippen molar-refractivity contribution in [1.82, 2.24) is 4.31 Å². The first kappa shape index (κ1) is 18.7. The molecule has 1 saturated heterocycles. The van der Waals surface area contributed by atoms with Gasteiger partial charge in [-0.15, -0.1) is 0 Å². The van der Waals surface area contributed by atoms with Crippen molar-refractivity contribution in [3.8, 4) is 5.75 Å². The molecule has 1 aromatic carbocycles. The molecule has 0 aromatic heterocycles. The van der Waals surface area contributed by atoms with E-state index in [-0.39, 0.29) is 22.8 Å². The first-order valence-electron chi connectivity index (χ1n) is 7.13. The molecule has 0 amide bonds. The summed E-state index contributed by atoms with van der Waals surface area (Å²) < 4.78 is 59.6. The van der Waals surface area contributed by atoms with Gasteiger partial charge in [0.1, 0.15) is 12.3 Å². The number of sulfone groups is 1. The van der Waals surface area contributed by atoms with E-state index >= 15 is 0 Å². The van der Waals surface area contributed by atoms with Crippen LogP contribution in [0.25, 0.3) is 0 Å². The predicted molar refractivity (Wildman–Crippen MR) is 86.0 cm³/mol. The zero-order chi connectivity index (χ0) is 18.0. The van der Waals surface area contributed by atoms with Crippen LogP contribution in [0, 0.1) is 0 Å². The van der Waals surface area contributed by atoms with Crippen LogP contribution in [0.5, 0.6) is 5.75 Å². The Balaban J connectivity index is 2.38. The summed E-state index contributed by atoms with van der Waals surface area (Å²) >= 11 is 0. The lowest BCUT2D eigenvalue weighted by atomic mass is 10.2. The fraction of sp³-hybridized carbons (Fsp3) is 0.500. The minimum Gasteiger partial charge on any atom is -0.497 e. The SMILES string of the molecule is COC(=O)CN([C@H]1CCS(=O)(=O)C1)S(=O)(=O)c1ccc(OC)cc1. The lowest BCUT2D eigenvalue weighted by molar-refractivity contribution is -0.141. The minimum atomic E-state index is -4.05. The number of carbonyl (C=O) groups excluding carboxylic acids is 1. The zero-order valence-corrected chi connectivity index (χ0v) is 15.0. The van der Waals surface area contributed by atoms with E-state index in [9.17, 15) is 21.6 Å². The summed E-state index contributed by atoms with van der Waals surface area (Å²) in [6.07, 6.45) is 0.148. The average molecular weight is 377 g/mol. The number of benzene rings is 1. The lowest BCUT2D eigenvalue weighted by Crippen LogP contribution is -2.44. The zero-order valence-electron chi connectivity index (χ0n) is 13.3. The van der Waals surface area contributed by atoms with Crippen LogP contribution >= 0.6 is 0 Å². The summed E-state index contributed by atoms with van der Waals surface area (Å²) in [6, 6.07) is 4.87. The number of hydrogen-bond donors (Lipinski definition) is 0. The third-order valence-corrected chi connectivity index (χ3v) is 7.46. The molecule has 8 nitrogen and oxygen atoms in total. The summed E-state index contributed by atoms with van der Waals surface area (Å²) in [6.45, 7) is -0.537. The van der Waals surface area contributed by atoms with Crippen LogP contribution in [0.1, 0.15) is 6.42 Å². The van der Waals surface area contributed by atoms with Crippen LogP contribution in [0.4, 0.5) is 0 Å². The van der Waals surface area contributed by atoms with E-state index in [0.717, 1.165) is 11.4 Å². The quantitative estimate of drug-likeness (QED) is 0.645. The molecule has 1 heterocycles. The van der Waals surface area contributed by atoms with Gasteiger partial charge in [0, 0.05) is 6.04 Å². The van der Waals surface area contributed by atoms with Gasteiger partial charge in [0.15, 0.2) is 9.84 Å². The van der Waals surface area contributed by atoms with E-state index in [1.54, 1.807) is 0 Å².